The van der Waals surface area contributed by atoms with Crippen molar-refractivity contribution in [3.63, 3.8) is 0 Å². The topological polar surface area (TPSA) is 0 Å². The van der Waals surface area contributed by atoms with Crippen LogP contribution in [0.3, 0.4) is 0 Å². The normalized spacial score (nSPS) is 18.5. The second kappa shape index (κ2) is 8.16. The highest BCUT2D eigenvalue weighted by atomic mass is 14.3. The van der Waals surface area contributed by atoms with E-state index in [0.29, 0.717) is 5.41 Å². The second-order valence-corrected chi connectivity index (χ2v) is 6.84. The van der Waals surface area contributed by atoms with E-state index in [1.54, 1.807) is 0 Å². The van der Waals surface area contributed by atoms with Gasteiger partial charge in [0.05, 0.1) is 0 Å². The Labute approximate surface area is 110 Å². The summed E-state index contributed by atoms with van der Waals surface area (Å²) >= 11 is 0. The first-order chi connectivity index (χ1) is 8.17. The van der Waals surface area contributed by atoms with Crippen LogP contribution in [-0.4, -0.2) is 0 Å². The Balaban J connectivity index is 2.10. The molecule has 1 saturated carbocycles. The molecule has 0 unspecified atom stereocenters. The van der Waals surface area contributed by atoms with Gasteiger partial charge in [-0.25, -0.2) is 0 Å². The lowest BCUT2D eigenvalue weighted by atomic mass is 9.69. The van der Waals surface area contributed by atoms with Gasteiger partial charge in [0.1, 0.15) is 0 Å². The molecule has 1 fully saturated rings. The van der Waals surface area contributed by atoms with E-state index >= 15 is 0 Å². The Hall–Kier alpha value is 0. The highest BCUT2D eigenvalue weighted by Crippen LogP contribution is 2.41. The van der Waals surface area contributed by atoms with Crippen LogP contribution in [0.1, 0.15) is 97.8 Å². The predicted octanol–water partition coefficient (Wildman–Crippen LogP) is 6.34. The van der Waals surface area contributed by atoms with Crippen molar-refractivity contribution in [2.24, 2.45) is 11.3 Å². The average Bonchev–Trinajstić information content (AvgIpc) is 2.35. The van der Waals surface area contributed by atoms with Crippen LogP contribution in [0.4, 0.5) is 0 Å². The van der Waals surface area contributed by atoms with Gasteiger partial charge >= 0.3 is 0 Å². The van der Waals surface area contributed by atoms with Gasteiger partial charge < -0.3 is 0 Å². The summed E-state index contributed by atoms with van der Waals surface area (Å²) in [5, 5.41) is 0. The maximum atomic E-state index is 2.52. The first-order valence-electron chi connectivity index (χ1n) is 8.17. The average molecular weight is 238 g/mol. The first kappa shape index (κ1) is 15.1. The SMILES string of the molecule is CCCCCCCCC(C)(C)C1CCCCC1. The zero-order chi connectivity index (χ0) is 12.6. The number of unbranched alkanes of at least 4 members (excludes halogenated alkanes) is 5. The fourth-order valence-corrected chi connectivity index (χ4v) is 3.45. The fraction of sp³-hybridized carbons (Fsp3) is 1.00. The van der Waals surface area contributed by atoms with Gasteiger partial charge in [-0.15, -0.1) is 0 Å². The summed E-state index contributed by atoms with van der Waals surface area (Å²) in [6, 6.07) is 0. The number of hydrogen-bond donors (Lipinski definition) is 0. The summed E-state index contributed by atoms with van der Waals surface area (Å²) in [5.74, 6) is 1.02. The third kappa shape index (κ3) is 5.93. The van der Waals surface area contributed by atoms with Crippen LogP contribution in [0.5, 0.6) is 0 Å². The summed E-state index contributed by atoms with van der Waals surface area (Å²) < 4.78 is 0. The smallest absolute Gasteiger partial charge is 0.0326 e. The third-order valence-corrected chi connectivity index (χ3v) is 4.89. The highest BCUT2D eigenvalue weighted by Gasteiger charge is 2.29. The summed E-state index contributed by atoms with van der Waals surface area (Å²) in [7, 11) is 0. The summed E-state index contributed by atoms with van der Waals surface area (Å²) in [5.41, 5.74) is 0.616. The summed E-state index contributed by atoms with van der Waals surface area (Å²) in [4.78, 5) is 0. The molecule has 0 radical (unpaired) electrons. The molecule has 0 saturated heterocycles. The van der Waals surface area contributed by atoms with Crippen LogP contribution in [0.15, 0.2) is 0 Å². The standard InChI is InChI=1S/C17H34/c1-4-5-6-7-8-12-15-17(2,3)16-13-10-9-11-14-16/h16H,4-15H2,1-3H3. The van der Waals surface area contributed by atoms with E-state index in [4.69, 9.17) is 0 Å². The molecule has 0 N–H and O–H groups in total. The molecule has 0 aromatic rings. The zero-order valence-electron chi connectivity index (χ0n) is 12.6. The molecule has 0 spiro atoms. The lowest BCUT2D eigenvalue weighted by molar-refractivity contribution is 0.142. The van der Waals surface area contributed by atoms with Crippen molar-refractivity contribution < 1.29 is 0 Å². The molecule has 0 aromatic carbocycles. The van der Waals surface area contributed by atoms with E-state index in [1.165, 1.54) is 77.0 Å². The molecule has 0 aromatic heterocycles. The monoisotopic (exact) mass is 238 g/mol. The van der Waals surface area contributed by atoms with Gasteiger partial charge in [-0.3, -0.25) is 0 Å². The Morgan fingerprint density at radius 3 is 2.06 bits per heavy atom. The van der Waals surface area contributed by atoms with Gasteiger partial charge in [0, 0.05) is 0 Å². The molecule has 0 aliphatic heterocycles. The van der Waals surface area contributed by atoms with Crippen LogP contribution >= 0.6 is 0 Å². The van der Waals surface area contributed by atoms with Gasteiger partial charge in [-0.2, -0.15) is 0 Å². The van der Waals surface area contributed by atoms with Crippen molar-refractivity contribution in [2.75, 3.05) is 0 Å². The molecule has 102 valence electrons. The van der Waals surface area contributed by atoms with Gasteiger partial charge in [-0.1, -0.05) is 78.6 Å². The fourth-order valence-electron chi connectivity index (χ4n) is 3.45. The van der Waals surface area contributed by atoms with E-state index in [2.05, 4.69) is 20.8 Å². The summed E-state index contributed by atoms with van der Waals surface area (Å²) in [6.07, 6.45) is 17.6. The zero-order valence-corrected chi connectivity index (χ0v) is 12.6. The lowest BCUT2D eigenvalue weighted by Gasteiger charge is -2.37. The highest BCUT2D eigenvalue weighted by molar-refractivity contribution is 4.80. The van der Waals surface area contributed by atoms with E-state index in [1.807, 2.05) is 0 Å². The Kier molecular flexibility index (Phi) is 7.23. The Morgan fingerprint density at radius 2 is 1.41 bits per heavy atom. The van der Waals surface area contributed by atoms with Gasteiger partial charge in [0.2, 0.25) is 0 Å². The minimum atomic E-state index is 0.616. The molecule has 0 amide bonds. The van der Waals surface area contributed by atoms with Crippen LogP contribution in [0, 0.1) is 11.3 Å². The molecule has 0 heterocycles. The van der Waals surface area contributed by atoms with Crippen LogP contribution in [-0.2, 0) is 0 Å². The van der Waals surface area contributed by atoms with Crippen LogP contribution in [0.25, 0.3) is 0 Å². The minimum absolute atomic E-state index is 0.616. The van der Waals surface area contributed by atoms with E-state index in [0.717, 1.165) is 5.92 Å². The second-order valence-electron chi connectivity index (χ2n) is 6.84. The van der Waals surface area contributed by atoms with Crippen molar-refractivity contribution >= 4 is 0 Å². The van der Waals surface area contributed by atoms with Crippen LogP contribution in [0.2, 0.25) is 0 Å². The van der Waals surface area contributed by atoms with Crippen molar-refractivity contribution in [3.05, 3.63) is 0 Å². The number of hydrogen-bond acceptors (Lipinski definition) is 0. The van der Waals surface area contributed by atoms with Crippen molar-refractivity contribution in [2.45, 2.75) is 97.8 Å². The minimum Gasteiger partial charge on any atom is -0.0654 e. The maximum absolute atomic E-state index is 2.52. The largest absolute Gasteiger partial charge is 0.0654 e. The molecular formula is C17H34. The molecule has 0 atom stereocenters. The number of rotatable bonds is 8. The molecule has 1 aliphatic carbocycles. The lowest BCUT2D eigenvalue weighted by Crippen LogP contribution is -2.26. The van der Waals surface area contributed by atoms with Crippen molar-refractivity contribution in [3.8, 4) is 0 Å². The predicted molar refractivity (Wildman–Crippen MR) is 78.3 cm³/mol. The van der Waals surface area contributed by atoms with Crippen molar-refractivity contribution in [1.82, 2.24) is 0 Å². The molecule has 1 rings (SSSR count). The van der Waals surface area contributed by atoms with Crippen molar-refractivity contribution in [1.29, 1.82) is 0 Å². The van der Waals surface area contributed by atoms with Gasteiger partial charge in [0.25, 0.3) is 0 Å². The molecule has 0 bridgehead atoms. The van der Waals surface area contributed by atoms with E-state index in [-0.39, 0.29) is 0 Å². The molecule has 1 aliphatic rings. The van der Waals surface area contributed by atoms with E-state index in [9.17, 15) is 0 Å². The Bertz CT molecular complexity index is 174. The quantitative estimate of drug-likeness (QED) is 0.433. The third-order valence-electron chi connectivity index (χ3n) is 4.89. The molecular weight excluding hydrogens is 204 g/mol. The van der Waals surface area contributed by atoms with Crippen LogP contribution < -0.4 is 0 Å². The van der Waals surface area contributed by atoms with E-state index < -0.39 is 0 Å². The molecule has 0 heteroatoms. The van der Waals surface area contributed by atoms with Gasteiger partial charge in [0.15, 0.2) is 0 Å². The van der Waals surface area contributed by atoms with Gasteiger partial charge in [-0.05, 0) is 30.6 Å². The Morgan fingerprint density at radius 1 is 0.824 bits per heavy atom. The maximum Gasteiger partial charge on any atom is -0.0326 e. The summed E-state index contributed by atoms with van der Waals surface area (Å²) in [6.45, 7) is 7.34. The first-order valence-corrected chi connectivity index (χ1v) is 8.17. The molecule has 17 heavy (non-hydrogen) atoms. The molecule has 0 nitrogen and oxygen atoms in total.